The first-order chi connectivity index (χ1) is 14.5. The second kappa shape index (κ2) is 8.68. The van der Waals surface area contributed by atoms with E-state index < -0.39 is 56.9 Å². The van der Waals surface area contributed by atoms with E-state index in [1.54, 1.807) is 13.0 Å². The Hall–Kier alpha value is -2.30. The first-order valence-electron chi connectivity index (χ1n) is 9.64. The van der Waals surface area contributed by atoms with Gasteiger partial charge in [0.2, 0.25) is 10.0 Å². The van der Waals surface area contributed by atoms with Gasteiger partial charge in [0.25, 0.3) is 0 Å². The van der Waals surface area contributed by atoms with Crippen LogP contribution in [-0.2, 0) is 16.4 Å². The van der Waals surface area contributed by atoms with Crippen LogP contribution in [-0.4, -0.2) is 43.2 Å². The van der Waals surface area contributed by atoms with Gasteiger partial charge in [-0.15, -0.1) is 0 Å². The Morgan fingerprint density at radius 1 is 1.19 bits per heavy atom. The molecular weight excluding hydrogens is 435 g/mol. The molecule has 0 unspecified atom stereocenters. The lowest BCUT2D eigenvalue weighted by Gasteiger charge is -2.23. The van der Waals surface area contributed by atoms with Gasteiger partial charge < -0.3 is 14.9 Å². The van der Waals surface area contributed by atoms with E-state index in [2.05, 4.69) is 4.72 Å². The molecule has 1 aliphatic rings. The first kappa shape index (κ1) is 23.4. The predicted molar refractivity (Wildman–Crippen MR) is 109 cm³/mol. The molecule has 10 heteroatoms. The van der Waals surface area contributed by atoms with Crippen molar-refractivity contribution in [2.45, 2.75) is 43.5 Å². The standard InChI is InChI=1S/C21H24F3NO5S/c1-12-3-4-13(16(22)7-12)8-15-19(24)17(23)9-18(30-2)20(15)25-31(28,29)21(5-6-21)10-14(27)11-26/h3-4,7,9,14,25-27H,5-6,8,10-11H2,1-2H3/t14-/m1/s1. The van der Waals surface area contributed by atoms with Gasteiger partial charge >= 0.3 is 0 Å². The summed E-state index contributed by atoms with van der Waals surface area (Å²) in [7, 11) is -3.01. The highest BCUT2D eigenvalue weighted by Gasteiger charge is 2.55. The number of sulfonamides is 1. The Morgan fingerprint density at radius 3 is 2.42 bits per heavy atom. The fraction of sp³-hybridized carbons (Fsp3) is 0.429. The van der Waals surface area contributed by atoms with Crippen LogP contribution in [0, 0.1) is 24.4 Å². The summed E-state index contributed by atoms with van der Waals surface area (Å²) in [6, 6.07) is 4.97. The van der Waals surface area contributed by atoms with Crippen molar-refractivity contribution >= 4 is 15.7 Å². The summed E-state index contributed by atoms with van der Waals surface area (Å²) in [5, 5.41) is 18.8. The number of hydrogen-bond acceptors (Lipinski definition) is 5. The maximum Gasteiger partial charge on any atom is 0.238 e. The Bertz CT molecular complexity index is 1090. The van der Waals surface area contributed by atoms with E-state index in [4.69, 9.17) is 9.84 Å². The van der Waals surface area contributed by atoms with Crippen LogP contribution in [0.3, 0.4) is 0 Å². The topological polar surface area (TPSA) is 95.9 Å². The van der Waals surface area contributed by atoms with Gasteiger partial charge in [0.1, 0.15) is 11.6 Å². The van der Waals surface area contributed by atoms with Crippen molar-refractivity contribution in [3.8, 4) is 5.75 Å². The van der Waals surface area contributed by atoms with Crippen LogP contribution in [0.2, 0.25) is 0 Å². The van der Waals surface area contributed by atoms with Gasteiger partial charge in [-0.05, 0) is 43.4 Å². The van der Waals surface area contributed by atoms with Crippen molar-refractivity contribution in [2.75, 3.05) is 18.4 Å². The van der Waals surface area contributed by atoms with E-state index >= 15 is 0 Å². The SMILES string of the molecule is COc1cc(F)c(F)c(Cc2ccc(C)cc2F)c1NS(=O)(=O)C1(C[C@@H](O)CO)CC1. The lowest BCUT2D eigenvalue weighted by molar-refractivity contribution is 0.0858. The normalized spacial score (nSPS) is 16.1. The molecule has 31 heavy (non-hydrogen) atoms. The van der Waals surface area contributed by atoms with Crippen molar-refractivity contribution in [3.05, 3.63) is 58.4 Å². The molecule has 0 bridgehead atoms. The van der Waals surface area contributed by atoms with Gasteiger partial charge in [0, 0.05) is 18.1 Å². The number of methoxy groups -OCH3 is 1. The molecule has 0 heterocycles. The molecule has 1 saturated carbocycles. The summed E-state index contributed by atoms with van der Waals surface area (Å²) in [5.74, 6) is -3.48. The summed E-state index contributed by atoms with van der Waals surface area (Å²) >= 11 is 0. The number of ether oxygens (including phenoxy) is 1. The van der Waals surface area contributed by atoms with Crippen LogP contribution < -0.4 is 9.46 Å². The van der Waals surface area contributed by atoms with Gasteiger partial charge in [-0.3, -0.25) is 4.72 Å². The molecule has 1 atom stereocenters. The summed E-state index contributed by atoms with van der Waals surface area (Å²) in [6.07, 6.45) is -1.42. The van der Waals surface area contributed by atoms with Gasteiger partial charge in [0.05, 0.1) is 30.3 Å². The molecule has 0 saturated heterocycles. The van der Waals surface area contributed by atoms with Crippen molar-refractivity contribution < 1.29 is 36.5 Å². The van der Waals surface area contributed by atoms with Crippen molar-refractivity contribution in [2.24, 2.45) is 0 Å². The monoisotopic (exact) mass is 459 g/mol. The lowest BCUT2D eigenvalue weighted by atomic mass is 10.0. The van der Waals surface area contributed by atoms with Gasteiger partial charge in [-0.1, -0.05) is 12.1 Å². The zero-order chi connectivity index (χ0) is 23.0. The summed E-state index contributed by atoms with van der Waals surface area (Å²) in [5.41, 5.74) is -0.0418. The average molecular weight is 459 g/mol. The second-order valence-electron chi connectivity index (χ2n) is 7.83. The minimum Gasteiger partial charge on any atom is -0.494 e. The highest BCUT2D eigenvalue weighted by Crippen LogP contribution is 2.49. The van der Waals surface area contributed by atoms with Crippen LogP contribution in [0.25, 0.3) is 0 Å². The number of halogens is 3. The molecule has 0 radical (unpaired) electrons. The van der Waals surface area contributed by atoms with Crippen LogP contribution >= 0.6 is 0 Å². The van der Waals surface area contributed by atoms with Crippen LogP contribution in [0.1, 0.15) is 36.0 Å². The molecule has 2 aromatic carbocycles. The molecule has 1 aliphatic carbocycles. The maximum atomic E-state index is 14.8. The summed E-state index contributed by atoms with van der Waals surface area (Å²) in [6.45, 7) is 1.07. The molecule has 0 aliphatic heterocycles. The minimum absolute atomic E-state index is 0.0504. The van der Waals surface area contributed by atoms with E-state index in [0.717, 1.165) is 0 Å². The smallest absolute Gasteiger partial charge is 0.238 e. The lowest BCUT2D eigenvalue weighted by Crippen LogP contribution is -2.34. The molecule has 0 spiro atoms. The number of aliphatic hydroxyl groups is 2. The number of aliphatic hydroxyl groups excluding tert-OH is 2. The Kier molecular flexibility index (Phi) is 6.54. The third-order valence-electron chi connectivity index (χ3n) is 5.51. The molecule has 3 rings (SSSR count). The van der Waals surface area contributed by atoms with Crippen molar-refractivity contribution in [1.29, 1.82) is 0 Å². The Labute approximate surface area is 178 Å². The summed E-state index contributed by atoms with van der Waals surface area (Å²) in [4.78, 5) is 0. The number of aryl methyl sites for hydroxylation is 1. The minimum atomic E-state index is -4.18. The van der Waals surface area contributed by atoms with Gasteiger partial charge in [0.15, 0.2) is 11.6 Å². The Balaban J connectivity index is 2.06. The van der Waals surface area contributed by atoms with E-state index in [1.807, 2.05) is 0 Å². The third-order valence-corrected chi connectivity index (χ3v) is 7.70. The second-order valence-corrected chi connectivity index (χ2v) is 9.91. The third kappa shape index (κ3) is 4.65. The largest absolute Gasteiger partial charge is 0.494 e. The fourth-order valence-corrected chi connectivity index (χ4v) is 5.30. The number of nitrogens with one attached hydrogen (secondary N) is 1. The molecule has 0 aromatic heterocycles. The molecule has 0 amide bonds. The van der Waals surface area contributed by atoms with E-state index in [1.165, 1.54) is 19.2 Å². The summed E-state index contributed by atoms with van der Waals surface area (Å²) < 4.78 is 75.5. The number of benzene rings is 2. The van der Waals surface area contributed by atoms with Gasteiger partial charge in [-0.25, -0.2) is 21.6 Å². The van der Waals surface area contributed by atoms with E-state index in [0.29, 0.717) is 11.6 Å². The molecule has 6 nitrogen and oxygen atoms in total. The van der Waals surface area contributed by atoms with Gasteiger partial charge in [-0.2, -0.15) is 0 Å². The number of anilines is 1. The predicted octanol–water partition coefficient (Wildman–Crippen LogP) is 3.03. The molecule has 170 valence electrons. The van der Waals surface area contributed by atoms with Crippen LogP contribution in [0.5, 0.6) is 5.75 Å². The number of rotatable bonds is 9. The van der Waals surface area contributed by atoms with Crippen LogP contribution in [0.15, 0.2) is 24.3 Å². The van der Waals surface area contributed by atoms with Crippen molar-refractivity contribution in [3.63, 3.8) is 0 Å². The molecular formula is C21H24F3NO5S. The fourth-order valence-electron chi connectivity index (χ4n) is 3.54. The highest BCUT2D eigenvalue weighted by atomic mass is 32.2. The number of hydrogen-bond donors (Lipinski definition) is 3. The maximum absolute atomic E-state index is 14.8. The molecule has 3 N–H and O–H groups in total. The highest BCUT2D eigenvalue weighted by molar-refractivity contribution is 7.94. The van der Waals surface area contributed by atoms with Crippen LogP contribution in [0.4, 0.5) is 18.9 Å². The van der Waals surface area contributed by atoms with Crippen molar-refractivity contribution in [1.82, 2.24) is 0 Å². The van der Waals surface area contributed by atoms with E-state index in [-0.39, 0.29) is 36.3 Å². The zero-order valence-electron chi connectivity index (χ0n) is 17.1. The molecule has 1 fully saturated rings. The zero-order valence-corrected chi connectivity index (χ0v) is 17.9. The quantitative estimate of drug-likeness (QED) is 0.536. The first-order valence-corrected chi connectivity index (χ1v) is 11.1. The average Bonchev–Trinajstić information content (AvgIpc) is 3.50. The Morgan fingerprint density at radius 2 is 1.87 bits per heavy atom. The molecule has 2 aromatic rings. The van der Waals surface area contributed by atoms with E-state index in [9.17, 15) is 26.7 Å².